The van der Waals surface area contributed by atoms with Crippen molar-refractivity contribution in [2.75, 3.05) is 6.61 Å². The number of carbonyl (C=O) groups is 2. The summed E-state index contributed by atoms with van der Waals surface area (Å²) in [6.07, 6.45) is 1.74. The maximum absolute atomic E-state index is 12.1. The second-order valence-electron chi connectivity index (χ2n) is 6.62. The molecule has 1 aliphatic rings. The summed E-state index contributed by atoms with van der Waals surface area (Å²) in [5.74, 6) is -0.362. The summed E-state index contributed by atoms with van der Waals surface area (Å²) in [7, 11) is 0. The Labute approximate surface area is 158 Å². The highest BCUT2D eigenvalue weighted by molar-refractivity contribution is 5.78. The first-order valence-corrected chi connectivity index (χ1v) is 9.02. The number of para-hydroxylation sites is 2. The Balaban J connectivity index is 1.49. The van der Waals surface area contributed by atoms with Crippen LogP contribution < -0.4 is 14.8 Å². The third kappa shape index (κ3) is 5.48. The fourth-order valence-corrected chi connectivity index (χ4v) is 3.17. The van der Waals surface area contributed by atoms with Crippen molar-refractivity contribution in [1.29, 1.82) is 0 Å². The molecule has 2 atom stereocenters. The van der Waals surface area contributed by atoms with Crippen LogP contribution in [0, 0.1) is 5.92 Å². The lowest BCUT2D eigenvalue weighted by Crippen LogP contribution is -2.36. The molecule has 1 aliphatic carbocycles. The monoisotopic (exact) mass is 369 g/mol. The molecule has 0 bridgehead atoms. The number of benzene rings is 2. The van der Waals surface area contributed by atoms with Crippen LogP contribution in [0.5, 0.6) is 11.5 Å². The molecule has 2 aromatic rings. The SMILES string of the molecule is O=C(COc1ccccc1OCc1ccccc1)N[C@@H]1CC[C@H](C(=O)O)C1. The van der Waals surface area contributed by atoms with Crippen molar-refractivity contribution in [3.8, 4) is 11.5 Å². The minimum atomic E-state index is -0.799. The average Bonchev–Trinajstić information content (AvgIpc) is 3.15. The molecular weight excluding hydrogens is 346 g/mol. The van der Waals surface area contributed by atoms with Gasteiger partial charge in [-0.3, -0.25) is 9.59 Å². The summed E-state index contributed by atoms with van der Waals surface area (Å²) < 4.78 is 11.4. The van der Waals surface area contributed by atoms with Crippen molar-refractivity contribution in [2.24, 2.45) is 5.92 Å². The van der Waals surface area contributed by atoms with Crippen LogP contribution in [0.2, 0.25) is 0 Å². The number of carbonyl (C=O) groups excluding carboxylic acids is 1. The van der Waals surface area contributed by atoms with E-state index in [4.69, 9.17) is 14.6 Å². The van der Waals surface area contributed by atoms with Crippen molar-refractivity contribution in [3.05, 3.63) is 60.2 Å². The molecule has 6 nitrogen and oxygen atoms in total. The molecule has 2 N–H and O–H groups in total. The number of rotatable bonds is 8. The van der Waals surface area contributed by atoms with E-state index in [9.17, 15) is 9.59 Å². The number of hydrogen-bond donors (Lipinski definition) is 2. The van der Waals surface area contributed by atoms with E-state index < -0.39 is 5.97 Å². The van der Waals surface area contributed by atoms with Gasteiger partial charge in [0.1, 0.15) is 6.61 Å². The van der Waals surface area contributed by atoms with Crippen LogP contribution >= 0.6 is 0 Å². The van der Waals surface area contributed by atoms with Crippen LogP contribution in [0.4, 0.5) is 0 Å². The van der Waals surface area contributed by atoms with Gasteiger partial charge in [0.2, 0.25) is 0 Å². The predicted octanol–water partition coefficient (Wildman–Crippen LogP) is 3.01. The van der Waals surface area contributed by atoms with Crippen molar-refractivity contribution in [3.63, 3.8) is 0 Å². The van der Waals surface area contributed by atoms with E-state index in [-0.39, 0.29) is 24.5 Å². The Morgan fingerprint density at radius 1 is 0.963 bits per heavy atom. The fraction of sp³-hybridized carbons (Fsp3) is 0.333. The molecule has 3 rings (SSSR count). The zero-order valence-electron chi connectivity index (χ0n) is 15.0. The third-order valence-corrected chi connectivity index (χ3v) is 4.59. The summed E-state index contributed by atoms with van der Waals surface area (Å²) in [6, 6.07) is 16.9. The molecule has 1 amide bonds. The van der Waals surface area contributed by atoms with Gasteiger partial charge in [0.25, 0.3) is 5.91 Å². The average molecular weight is 369 g/mol. The molecule has 0 aliphatic heterocycles. The Bertz CT molecular complexity index is 777. The Kier molecular flexibility index (Phi) is 6.30. The van der Waals surface area contributed by atoms with E-state index in [1.807, 2.05) is 42.5 Å². The molecule has 1 fully saturated rings. The lowest BCUT2D eigenvalue weighted by molar-refractivity contribution is -0.141. The normalized spacial score (nSPS) is 18.7. The quantitative estimate of drug-likeness (QED) is 0.747. The molecule has 0 radical (unpaired) electrons. The fourth-order valence-electron chi connectivity index (χ4n) is 3.17. The molecule has 0 unspecified atom stereocenters. The van der Waals surface area contributed by atoms with Gasteiger partial charge < -0.3 is 19.9 Å². The van der Waals surface area contributed by atoms with Crippen molar-refractivity contribution >= 4 is 11.9 Å². The van der Waals surface area contributed by atoms with Crippen LogP contribution in [-0.4, -0.2) is 29.6 Å². The second kappa shape index (κ2) is 9.07. The maximum atomic E-state index is 12.1. The first kappa shape index (κ1) is 18.8. The zero-order valence-corrected chi connectivity index (χ0v) is 15.0. The van der Waals surface area contributed by atoms with Gasteiger partial charge in [0.15, 0.2) is 18.1 Å². The smallest absolute Gasteiger partial charge is 0.306 e. The molecule has 27 heavy (non-hydrogen) atoms. The number of hydrogen-bond acceptors (Lipinski definition) is 4. The minimum Gasteiger partial charge on any atom is -0.485 e. The molecule has 2 aromatic carbocycles. The number of ether oxygens (including phenoxy) is 2. The van der Waals surface area contributed by atoms with Crippen molar-refractivity contribution < 1.29 is 24.2 Å². The summed E-state index contributed by atoms with van der Waals surface area (Å²) in [4.78, 5) is 23.1. The Hall–Kier alpha value is -3.02. The number of carboxylic acid groups (broad SMARTS) is 1. The van der Waals surface area contributed by atoms with Gasteiger partial charge in [0, 0.05) is 6.04 Å². The summed E-state index contributed by atoms with van der Waals surface area (Å²) in [5, 5.41) is 11.9. The highest BCUT2D eigenvalue weighted by atomic mass is 16.5. The second-order valence-corrected chi connectivity index (χ2v) is 6.62. The van der Waals surface area contributed by atoms with Crippen LogP contribution in [-0.2, 0) is 16.2 Å². The van der Waals surface area contributed by atoms with E-state index in [0.29, 0.717) is 37.4 Å². The highest BCUT2D eigenvalue weighted by Crippen LogP contribution is 2.28. The number of aliphatic carboxylic acids is 1. The largest absolute Gasteiger partial charge is 0.485 e. The van der Waals surface area contributed by atoms with Gasteiger partial charge in [-0.1, -0.05) is 42.5 Å². The standard InChI is InChI=1S/C21H23NO5/c23-20(22-17-11-10-16(12-17)21(24)25)14-27-19-9-5-4-8-18(19)26-13-15-6-2-1-3-7-15/h1-9,16-17H,10-14H2,(H,22,23)(H,24,25)/t16-,17+/m0/s1. The van der Waals surface area contributed by atoms with Gasteiger partial charge >= 0.3 is 5.97 Å². The lowest BCUT2D eigenvalue weighted by Gasteiger charge is -2.15. The van der Waals surface area contributed by atoms with Crippen LogP contribution in [0.15, 0.2) is 54.6 Å². The Morgan fingerprint density at radius 2 is 1.63 bits per heavy atom. The molecule has 0 heterocycles. The molecule has 1 saturated carbocycles. The van der Waals surface area contributed by atoms with Crippen molar-refractivity contribution in [2.45, 2.75) is 31.9 Å². The van der Waals surface area contributed by atoms with E-state index in [1.165, 1.54) is 0 Å². The first-order chi connectivity index (χ1) is 13.1. The lowest BCUT2D eigenvalue weighted by atomic mass is 10.1. The van der Waals surface area contributed by atoms with Crippen LogP contribution in [0.25, 0.3) is 0 Å². The predicted molar refractivity (Wildman–Crippen MR) is 99.6 cm³/mol. The first-order valence-electron chi connectivity index (χ1n) is 9.02. The van der Waals surface area contributed by atoms with Gasteiger partial charge in [0.05, 0.1) is 5.92 Å². The van der Waals surface area contributed by atoms with E-state index in [1.54, 1.807) is 12.1 Å². The molecule has 6 heteroatoms. The Morgan fingerprint density at radius 3 is 2.30 bits per heavy atom. The number of carboxylic acids is 1. The topological polar surface area (TPSA) is 84.9 Å². The van der Waals surface area contributed by atoms with Crippen LogP contribution in [0.3, 0.4) is 0 Å². The molecule has 0 aromatic heterocycles. The molecule has 0 spiro atoms. The molecular formula is C21H23NO5. The minimum absolute atomic E-state index is 0.105. The molecule has 142 valence electrons. The van der Waals surface area contributed by atoms with Crippen molar-refractivity contribution in [1.82, 2.24) is 5.32 Å². The molecule has 0 saturated heterocycles. The highest BCUT2D eigenvalue weighted by Gasteiger charge is 2.30. The number of nitrogens with one attached hydrogen (secondary N) is 1. The van der Waals surface area contributed by atoms with Gasteiger partial charge in [-0.05, 0) is 37.0 Å². The van der Waals surface area contributed by atoms with Gasteiger partial charge in [-0.25, -0.2) is 0 Å². The maximum Gasteiger partial charge on any atom is 0.306 e. The van der Waals surface area contributed by atoms with Gasteiger partial charge in [-0.2, -0.15) is 0 Å². The van der Waals surface area contributed by atoms with E-state index in [2.05, 4.69) is 5.32 Å². The van der Waals surface area contributed by atoms with Gasteiger partial charge in [-0.15, -0.1) is 0 Å². The summed E-state index contributed by atoms with van der Waals surface area (Å²) >= 11 is 0. The number of amides is 1. The van der Waals surface area contributed by atoms with E-state index >= 15 is 0 Å². The summed E-state index contributed by atoms with van der Waals surface area (Å²) in [5.41, 5.74) is 1.04. The zero-order chi connectivity index (χ0) is 19.1. The van der Waals surface area contributed by atoms with E-state index in [0.717, 1.165) is 5.56 Å². The third-order valence-electron chi connectivity index (χ3n) is 4.59. The summed E-state index contributed by atoms with van der Waals surface area (Å²) in [6.45, 7) is 0.270. The van der Waals surface area contributed by atoms with Crippen LogP contribution in [0.1, 0.15) is 24.8 Å².